The minimum atomic E-state index is -4.46. The van der Waals surface area contributed by atoms with Crippen molar-refractivity contribution in [3.8, 4) is 0 Å². The predicted octanol–water partition coefficient (Wildman–Crippen LogP) is 6.91. The molecule has 0 fully saturated rings. The molecule has 0 aromatic heterocycles. The first-order valence-electron chi connectivity index (χ1n) is 10.1. The maximum absolute atomic E-state index is 13.7. The highest BCUT2D eigenvalue weighted by molar-refractivity contribution is 14.1. The van der Waals surface area contributed by atoms with Gasteiger partial charge in [0.05, 0.1) is 15.4 Å². The molecule has 3 aromatic carbocycles. The van der Waals surface area contributed by atoms with E-state index < -0.39 is 27.2 Å². The molecule has 172 valence electrons. The van der Waals surface area contributed by atoms with Gasteiger partial charge in [-0.05, 0) is 36.8 Å². The standard InChI is InChI=1S/C25H20F3IO3S/c1-17-7-13-21(14-8-17)33(30,31)22-15-24(16-29,32-23(22)18-5-3-2-4-6-18)19-9-11-20(12-10-19)25(26,27)28/h2-14H,15-16H2,1H3. The van der Waals surface area contributed by atoms with Crippen molar-refractivity contribution in [2.24, 2.45) is 0 Å². The summed E-state index contributed by atoms with van der Waals surface area (Å²) < 4.78 is 73.2. The average molecular weight is 584 g/mol. The van der Waals surface area contributed by atoms with E-state index in [9.17, 15) is 21.6 Å². The number of aryl methyl sites for hydroxylation is 1. The first kappa shape index (κ1) is 23.8. The lowest BCUT2D eigenvalue weighted by Crippen LogP contribution is -2.28. The first-order chi connectivity index (χ1) is 15.6. The van der Waals surface area contributed by atoms with Crippen LogP contribution in [0.25, 0.3) is 5.76 Å². The number of hydrogen-bond donors (Lipinski definition) is 0. The summed E-state index contributed by atoms with van der Waals surface area (Å²) in [6.07, 6.45) is -4.44. The molecular formula is C25H20F3IO3S. The molecule has 0 radical (unpaired) electrons. The molecule has 0 spiro atoms. The Morgan fingerprint density at radius 3 is 2.09 bits per heavy atom. The Labute approximate surface area is 204 Å². The van der Waals surface area contributed by atoms with Crippen molar-refractivity contribution in [2.45, 2.75) is 30.0 Å². The Morgan fingerprint density at radius 1 is 0.939 bits per heavy atom. The molecule has 1 aliphatic rings. The van der Waals surface area contributed by atoms with Gasteiger partial charge in [-0.1, -0.05) is 82.8 Å². The van der Waals surface area contributed by atoms with E-state index >= 15 is 0 Å². The third kappa shape index (κ3) is 4.55. The van der Waals surface area contributed by atoms with E-state index in [4.69, 9.17) is 4.74 Å². The number of hydrogen-bond acceptors (Lipinski definition) is 3. The van der Waals surface area contributed by atoms with Gasteiger partial charge in [0.25, 0.3) is 0 Å². The molecule has 1 atom stereocenters. The average Bonchev–Trinajstić information content (AvgIpc) is 3.22. The normalized spacial score (nSPS) is 18.9. The number of benzene rings is 3. The predicted molar refractivity (Wildman–Crippen MR) is 129 cm³/mol. The molecule has 3 aromatic rings. The summed E-state index contributed by atoms with van der Waals surface area (Å²) in [5.41, 5.74) is 0.147. The van der Waals surface area contributed by atoms with Crippen LogP contribution in [0.4, 0.5) is 13.2 Å². The van der Waals surface area contributed by atoms with Crippen LogP contribution in [-0.2, 0) is 26.4 Å². The first-order valence-corrected chi connectivity index (χ1v) is 13.1. The Bertz CT molecular complexity index is 1280. The molecule has 0 bridgehead atoms. The highest BCUT2D eigenvalue weighted by atomic mass is 127. The van der Waals surface area contributed by atoms with Crippen molar-refractivity contribution < 1.29 is 26.3 Å². The van der Waals surface area contributed by atoms with E-state index in [0.717, 1.165) is 17.7 Å². The van der Waals surface area contributed by atoms with Gasteiger partial charge in [-0.15, -0.1) is 0 Å². The fraction of sp³-hybridized carbons (Fsp3) is 0.200. The van der Waals surface area contributed by atoms with Crippen molar-refractivity contribution in [3.05, 3.63) is 106 Å². The molecule has 1 unspecified atom stereocenters. The number of halogens is 4. The minimum Gasteiger partial charge on any atom is -0.480 e. The molecule has 0 amide bonds. The van der Waals surface area contributed by atoms with Crippen LogP contribution in [0.2, 0.25) is 0 Å². The van der Waals surface area contributed by atoms with Crippen LogP contribution in [0.15, 0.2) is 88.7 Å². The molecule has 1 heterocycles. The van der Waals surface area contributed by atoms with E-state index in [1.165, 1.54) is 12.1 Å². The zero-order valence-electron chi connectivity index (χ0n) is 17.6. The van der Waals surface area contributed by atoms with Gasteiger partial charge in [-0.2, -0.15) is 13.2 Å². The van der Waals surface area contributed by atoms with Crippen molar-refractivity contribution in [2.75, 3.05) is 4.43 Å². The molecule has 1 aliphatic heterocycles. The van der Waals surface area contributed by atoms with Crippen molar-refractivity contribution >= 4 is 38.2 Å². The number of alkyl halides is 4. The lowest BCUT2D eigenvalue weighted by atomic mass is 9.92. The fourth-order valence-corrected chi connectivity index (χ4v) is 6.26. The zero-order chi connectivity index (χ0) is 23.9. The largest absolute Gasteiger partial charge is 0.480 e. The molecule has 0 aliphatic carbocycles. The van der Waals surface area contributed by atoms with Crippen LogP contribution in [0.3, 0.4) is 0 Å². The van der Waals surface area contributed by atoms with Gasteiger partial charge in [0.15, 0.2) is 0 Å². The van der Waals surface area contributed by atoms with Gasteiger partial charge < -0.3 is 4.74 Å². The van der Waals surface area contributed by atoms with Gasteiger partial charge >= 0.3 is 6.18 Å². The number of ether oxygens (including phenoxy) is 1. The molecule has 0 saturated heterocycles. The summed E-state index contributed by atoms with van der Waals surface area (Å²) in [5, 5.41) is 0. The number of rotatable bonds is 5. The summed E-state index contributed by atoms with van der Waals surface area (Å²) in [6, 6.07) is 20.2. The molecule has 33 heavy (non-hydrogen) atoms. The van der Waals surface area contributed by atoms with E-state index in [0.29, 0.717) is 15.6 Å². The zero-order valence-corrected chi connectivity index (χ0v) is 20.5. The second-order valence-corrected chi connectivity index (χ2v) is 10.7. The highest BCUT2D eigenvalue weighted by Crippen LogP contribution is 2.49. The molecule has 4 rings (SSSR count). The summed E-state index contributed by atoms with van der Waals surface area (Å²) in [7, 11) is -3.90. The van der Waals surface area contributed by atoms with Gasteiger partial charge in [0.1, 0.15) is 11.4 Å². The lowest BCUT2D eigenvalue weighted by Gasteiger charge is -2.29. The number of sulfone groups is 1. The smallest absolute Gasteiger partial charge is 0.416 e. The van der Waals surface area contributed by atoms with Crippen LogP contribution >= 0.6 is 22.6 Å². The third-order valence-electron chi connectivity index (χ3n) is 5.64. The van der Waals surface area contributed by atoms with Gasteiger partial charge in [-0.25, -0.2) is 8.42 Å². The van der Waals surface area contributed by atoms with Crippen LogP contribution in [0.5, 0.6) is 0 Å². The summed E-state index contributed by atoms with van der Waals surface area (Å²) in [4.78, 5) is 0.269. The van der Waals surface area contributed by atoms with E-state index in [-0.39, 0.29) is 22.0 Å². The van der Waals surface area contributed by atoms with Crippen molar-refractivity contribution in [1.82, 2.24) is 0 Å². The van der Waals surface area contributed by atoms with Crippen LogP contribution in [0, 0.1) is 6.92 Å². The van der Waals surface area contributed by atoms with E-state index in [2.05, 4.69) is 22.6 Å². The summed E-state index contributed by atoms with van der Waals surface area (Å²) >= 11 is 2.09. The SMILES string of the molecule is Cc1ccc(S(=O)(=O)C2=C(c3ccccc3)OC(CI)(c3ccc(C(F)(F)F)cc3)C2)cc1. The summed E-state index contributed by atoms with van der Waals surface area (Å²) in [5.74, 6) is 0.229. The summed E-state index contributed by atoms with van der Waals surface area (Å²) in [6.45, 7) is 1.87. The Kier molecular flexibility index (Phi) is 6.34. The maximum atomic E-state index is 13.7. The van der Waals surface area contributed by atoms with Crippen LogP contribution in [0.1, 0.15) is 28.7 Å². The fourth-order valence-electron chi connectivity index (χ4n) is 3.79. The van der Waals surface area contributed by atoms with Crippen molar-refractivity contribution in [3.63, 3.8) is 0 Å². The molecule has 0 saturated carbocycles. The minimum absolute atomic E-state index is 0.0156. The van der Waals surface area contributed by atoms with Gasteiger partial charge in [0.2, 0.25) is 9.84 Å². The molecule has 8 heteroatoms. The Hall–Kier alpha value is -2.33. The molecule has 3 nitrogen and oxygen atoms in total. The lowest BCUT2D eigenvalue weighted by molar-refractivity contribution is -0.137. The molecular weight excluding hydrogens is 564 g/mol. The maximum Gasteiger partial charge on any atom is 0.416 e. The van der Waals surface area contributed by atoms with Gasteiger partial charge in [0, 0.05) is 16.4 Å². The third-order valence-corrected chi connectivity index (χ3v) is 8.75. The van der Waals surface area contributed by atoms with E-state index in [1.54, 1.807) is 48.5 Å². The van der Waals surface area contributed by atoms with Gasteiger partial charge in [-0.3, -0.25) is 0 Å². The monoisotopic (exact) mass is 584 g/mol. The highest BCUT2D eigenvalue weighted by Gasteiger charge is 2.47. The Balaban J connectivity index is 1.83. The van der Waals surface area contributed by atoms with Crippen LogP contribution in [-0.4, -0.2) is 12.8 Å². The van der Waals surface area contributed by atoms with E-state index in [1.807, 2.05) is 13.0 Å². The Morgan fingerprint density at radius 2 is 1.55 bits per heavy atom. The topological polar surface area (TPSA) is 43.4 Å². The molecule has 0 N–H and O–H groups in total. The van der Waals surface area contributed by atoms with Crippen LogP contribution < -0.4 is 0 Å². The van der Waals surface area contributed by atoms with Crippen molar-refractivity contribution in [1.29, 1.82) is 0 Å². The second kappa shape index (κ2) is 8.79. The quantitative estimate of drug-likeness (QED) is 0.242. The second-order valence-electron chi connectivity index (χ2n) is 7.92.